The van der Waals surface area contributed by atoms with Crippen molar-refractivity contribution in [2.75, 3.05) is 0 Å². The minimum absolute atomic E-state index is 0.0110. The molecule has 7 nitrogen and oxygen atoms in total. The first kappa shape index (κ1) is 33.3. The van der Waals surface area contributed by atoms with E-state index < -0.39 is 46.5 Å². The van der Waals surface area contributed by atoms with E-state index in [0.29, 0.717) is 25.7 Å². The number of carbonyl (C=O) groups is 2. The average Bonchev–Trinajstić information content (AvgIpc) is 2.97. The molecule has 4 N–H and O–H groups in total. The van der Waals surface area contributed by atoms with Crippen molar-refractivity contribution in [3.05, 3.63) is 47.6 Å². The van der Waals surface area contributed by atoms with Crippen LogP contribution in [-0.4, -0.2) is 50.2 Å². The standard InChI is InChI=1S/C39H54O7/c1-23-16-19-39(33(43)44)21-20-36(5)26(31(39)38(23,7)45)13-14-29-35(4)22-27(41)32(34(2,3)28(35)17-18-37(29,36)6)46-30(42)15-10-24-8-11-25(40)12-9-24/h8-13,15,23,27-29,31-32,40-41,45H,14,16-22H2,1-7H3,(H,43,44)/b15-10+/t23-,27-,28+,29-,31-,32-,35+,36-,37-,38-,39+/m1/s1. The molecule has 7 heteroatoms. The summed E-state index contributed by atoms with van der Waals surface area (Å²) in [6.07, 6.45) is 9.72. The Labute approximate surface area is 274 Å². The molecule has 0 saturated heterocycles. The fraction of sp³-hybridized carbons (Fsp3) is 0.692. The molecule has 0 amide bonds. The zero-order chi connectivity index (χ0) is 33.7. The van der Waals surface area contributed by atoms with E-state index in [0.717, 1.165) is 36.8 Å². The summed E-state index contributed by atoms with van der Waals surface area (Å²) in [5.74, 6) is -1.07. The molecule has 1 aromatic rings. The number of phenolic OH excluding ortho intramolecular Hbond substituents is 1. The highest BCUT2D eigenvalue weighted by Crippen LogP contribution is 2.76. The van der Waals surface area contributed by atoms with Crippen LogP contribution in [0.4, 0.5) is 0 Å². The van der Waals surface area contributed by atoms with Gasteiger partial charge in [-0.25, -0.2) is 4.79 Å². The first-order valence-corrected chi connectivity index (χ1v) is 17.4. The van der Waals surface area contributed by atoms with E-state index in [9.17, 15) is 30.0 Å². The number of allylic oxidation sites excluding steroid dienone is 1. The predicted octanol–water partition coefficient (Wildman–Crippen LogP) is 7.15. The third-order valence-electron chi connectivity index (χ3n) is 14.9. The fourth-order valence-electron chi connectivity index (χ4n) is 12.1. The van der Waals surface area contributed by atoms with Crippen LogP contribution in [0.1, 0.15) is 105 Å². The third-order valence-corrected chi connectivity index (χ3v) is 14.9. The SMILES string of the molecule is C[C@@H]1CC[C@]2(C(=O)O)CC[C@]3(C)C(=CC[C@@H]4[C@@]5(C)C[C@@H](O)[C@@H](OC(=O)/C=C/c6ccc(O)cc6)C(C)(C)[C@@H]5CC[C@]43C)[C@@H]2[C@]1(C)O. The van der Waals surface area contributed by atoms with Crippen molar-refractivity contribution < 1.29 is 34.8 Å². The fourth-order valence-corrected chi connectivity index (χ4v) is 12.1. The summed E-state index contributed by atoms with van der Waals surface area (Å²) < 4.78 is 6.03. The van der Waals surface area contributed by atoms with Crippen molar-refractivity contribution >= 4 is 18.0 Å². The highest BCUT2D eigenvalue weighted by atomic mass is 16.6. The quantitative estimate of drug-likeness (QED) is 0.158. The number of rotatable bonds is 4. The molecule has 11 atom stereocenters. The Balaban J connectivity index is 1.31. The minimum Gasteiger partial charge on any atom is -0.508 e. The van der Waals surface area contributed by atoms with Gasteiger partial charge in [0.1, 0.15) is 11.9 Å². The maximum absolute atomic E-state index is 13.0. The Kier molecular flexibility index (Phi) is 7.73. The maximum Gasteiger partial charge on any atom is 0.331 e. The van der Waals surface area contributed by atoms with Gasteiger partial charge in [-0.15, -0.1) is 0 Å². The van der Waals surface area contributed by atoms with Gasteiger partial charge in [-0.2, -0.15) is 0 Å². The summed E-state index contributed by atoms with van der Waals surface area (Å²) in [7, 11) is 0. The molecule has 0 spiro atoms. The maximum atomic E-state index is 13.0. The number of phenols is 1. The molecule has 0 aliphatic heterocycles. The molecule has 0 radical (unpaired) electrons. The number of aliphatic carboxylic acids is 1. The van der Waals surface area contributed by atoms with E-state index in [2.05, 4.69) is 47.6 Å². The Hall–Kier alpha value is -2.64. The van der Waals surface area contributed by atoms with Crippen molar-refractivity contribution in [3.8, 4) is 5.75 Å². The largest absolute Gasteiger partial charge is 0.508 e. The van der Waals surface area contributed by atoms with Gasteiger partial charge in [-0.3, -0.25) is 4.79 Å². The molecule has 6 rings (SSSR count). The molecule has 5 aliphatic carbocycles. The number of carboxylic acid groups (broad SMARTS) is 1. The monoisotopic (exact) mass is 634 g/mol. The number of aliphatic hydroxyl groups is 2. The molecular weight excluding hydrogens is 580 g/mol. The minimum atomic E-state index is -1.11. The van der Waals surface area contributed by atoms with E-state index in [-0.39, 0.29) is 39.7 Å². The van der Waals surface area contributed by atoms with Crippen LogP contribution in [0.3, 0.4) is 0 Å². The molecule has 5 aliphatic rings. The van der Waals surface area contributed by atoms with Crippen molar-refractivity contribution in [2.24, 2.45) is 50.7 Å². The topological polar surface area (TPSA) is 124 Å². The first-order chi connectivity index (χ1) is 21.3. The summed E-state index contributed by atoms with van der Waals surface area (Å²) in [4.78, 5) is 26.0. The summed E-state index contributed by atoms with van der Waals surface area (Å²) in [5, 5.41) is 44.0. The van der Waals surface area contributed by atoms with Gasteiger partial charge < -0.3 is 25.2 Å². The first-order valence-electron chi connectivity index (χ1n) is 17.4. The smallest absolute Gasteiger partial charge is 0.331 e. The zero-order valence-electron chi connectivity index (χ0n) is 28.7. The second-order valence-electron chi connectivity index (χ2n) is 17.2. The third kappa shape index (κ3) is 4.50. The summed E-state index contributed by atoms with van der Waals surface area (Å²) in [6, 6.07) is 6.57. The van der Waals surface area contributed by atoms with Crippen molar-refractivity contribution in [3.63, 3.8) is 0 Å². The Morgan fingerprint density at radius 1 is 0.935 bits per heavy atom. The van der Waals surface area contributed by atoms with E-state index in [1.807, 2.05) is 6.92 Å². The molecule has 46 heavy (non-hydrogen) atoms. The van der Waals surface area contributed by atoms with Crippen LogP contribution in [0.25, 0.3) is 6.08 Å². The lowest BCUT2D eigenvalue weighted by atomic mass is 9.33. The normalized spacial score (nSPS) is 46.2. The Morgan fingerprint density at radius 3 is 2.26 bits per heavy atom. The highest BCUT2D eigenvalue weighted by molar-refractivity contribution is 5.87. The number of aromatic hydroxyl groups is 1. The van der Waals surface area contributed by atoms with Gasteiger partial charge in [0, 0.05) is 17.4 Å². The van der Waals surface area contributed by atoms with Crippen LogP contribution in [-0.2, 0) is 14.3 Å². The lowest BCUT2D eigenvalue weighted by Gasteiger charge is -2.72. The number of carbonyl (C=O) groups excluding carboxylic acids is 1. The zero-order valence-corrected chi connectivity index (χ0v) is 28.7. The number of ether oxygens (including phenoxy) is 1. The van der Waals surface area contributed by atoms with Gasteiger partial charge in [-0.05, 0) is 116 Å². The lowest BCUT2D eigenvalue weighted by Crippen LogP contribution is -2.69. The number of hydrogen-bond donors (Lipinski definition) is 4. The van der Waals surface area contributed by atoms with Crippen LogP contribution in [0.15, 0.2) is 42.0 Å². The second kappa shape index (κ2) is 10.7. The second-order valence-corrected chi connectivity index (χ2v) is 17.2. The molecule has 1 aromatic carbocycles. The van der Waals surface area contributed by atoms with Crippen molar-refractivity contribution in [1.29, 1.82) is 0 Å². The Bertz CT molecular complexity index is 1460. The lowest BCUT2D eigenvalue weighted by molar-refractivity contribution is -0.242. The van der Waals surface area contributed by atoms with E-state index in [1.165, 1.54) is 6.08 Å². The van der Waals surface area contributed by atoms with Crippen molar-refractivity contribution in [1.82, 2.24) is 0 Å². The van der Waals surface area contributed by atoms with Gasteiger partial charge in [0.2, 0.25) is 0 Å². The number of benzene rings is 1. The molecule has 4 saturated carbocycles. The van der Waals surface area contributed by atoms with Crippen molar-refractivity contribution in [2.45, 2.75) is 118 Å². The molecule has 0 unspecified atom stereocenters. The number of fused-ring (bicyclic) bond motifs is 7. The van der Waals surface area contributed by atoms with Gasteiger partial charge >= 0.3 is 11.9 Å². The molecule has 252 valence electrons. The van der Waals surface area contributed by atoms with E-state index in [1.54, 1.807) is 30.3 Å². The van der Waals surface area contributed by atoms with E-state index >= 15 is 0 Å². The summed E-state index contributed by atoms with van der Waals surface area (Å²) >= 11 is 0. The van der Waals surface area contributed by atoms with Gasteiger partial charge in [-0.1, -0.05) is 65.3 Å². The molecular formula is C39H54O7. The molecule has 0 bridgehead atoms. The highest BCUT2D eigenvalue weighted by Gasteiger charge is 2.72. The van der Waals surface area contributed by atoms with Gasteiger partial charge in [0.25, 0.3) is 0 Å². The molecule has 4 fully saturated rings. The van der Waals surface area contributed by atoms with Crippen LogP contribution in [0.2, 0.25) is 0 Å². The molecule has 0 heterocycles. The van der Waals surface area contributed by atoms with Gasteiger partial charge in [0.15, 0.2) is 0 Å². The predicted molar refractivity (Wildman–Crippen MR) is 176 cm³/mol. The Morgan fingerprint density at radius 2 is 1.61 bits per heavy atom. The number of carboxylic acids is 1. The van der Waals surface area contributed by atoms with Crippen LogP contribution in [0.5, 0.6) is 5.75 Å². The van der Waals surface area contributed by atoms with Gasteiger partial charge in [0.05, 0.1) is 17.1 Å². The molecule has 0 aromatic heterocycles. The number of esters is 1. The summed E-state index contributed by atoms with van der Waals surface area (Å²) in [6.45, 7) is 15.3. The van der Waals surface area contributed by atoms with Crippen LogP contribution < -0.4 is 0 Å². The number of hydrogen-bond acceptors (Lipinski definition) is 6. The van der Waals surface area contributed by atoms with Crippen LogP contribution in [0, 0.1) is 50.7 Å². The summed E-state index contributed by atoms with van der Waals surface area (Å²) in [5.41, 5.74) is -1.25. The van der Waals surface area contributed by atoms with Crippen LogP contribution >= 0.6 is 0 Å². The average molecular weight is 635 g/mol. The van der Waals surface area contributed by atoms with E-state index in [4.69, 9.17) is 4.74 Å². The number of aliphatic hydroxyl groups excluding tert-OH is 1.